The minimum atomic E-state index is -0.929. The van der Waals surface area contributed by atoms with Crippen molar-refractivity contribution >= 4 is 11.9 Å². The maximum absolute atomic E-state index is 13.3. The molecule has 0 spiro atoms. The minimum Gasteiger partial charge on any atom is -0.463 e. The van der Waals surface area contributed by atoms with E-state index in [0.717, 1.165) is 50.4 Å². The molecule has 11 heteroatoms. The van der Waals surface area contributed by atoms with Crippen LogP contribution in [0.15, 0.2) is 0 Å². The van der Waals surface area contributed by atoms with Gasteiger partial charge in [0.25, 0.3) is 0 Å². The highest BCUT2D eigenvalue weighted by atomic mass is 16.7. The lowest BCUT2D eigenvalue weighted by molar-refractivity contribution is -0.248. The van der Waals surface area contributed by atoms with Crippen molar-refractivity contribution < 1.29 is 53.7 Å². The van der Waals surface area contributed by atoms with Gasteiger partial charge in [0.1, 0.15) is 19.3 Å². The molecule has 2 aliphatic heterocycles. The maximum Gasteiger partial charge on any atom is 0.311 e. The largest absolute Gasteiger partial charge is 0.463 e. The van der Waals surface area contributed by atoms with Gasteiger partial charge in [-0.05, 0) is 38.5 Å². The smallest absolute Gasteiger partial charge is 0.311 e. The Morgan fingerprint density at radius 1 is 0.550 bits per heavy atom. The van der Waals surface area contributed by atoms with E-state index < -0.39 is 72.8 Å². The lowest BCUT2D eigenvalue weighted by Gasteiger charge is -2.36. The van der Waals surface area contributed by atoms with Crippen LogP contribution in [0.1, 0.15) is 208 Å². The van der Waals surface area contributed by atoms with Gasteiger partial charge in [0.05, 0.1) is 55.1 Å². The molecule has 0 aromatic heterocycles. The first kappa shape index (κ1) is 54.8. The fraction of sp³-hybridized carbons (Fsp3) is 0.959. The quantitative estimate of drug-likeness (QED) is 0.0355. The first-order valence-corrected chi connectivity index (χ1v) is 24.7. The SMILES string of the molecule is CC(C)CCCCCCCCCCCCC(O)C(C)C(=O)OC[C@@H]1C[C@H](O)C[C@H](OC(CCCCCCCCCCCC(C)C)C(C)C(=O)OC[C@H]2OC[C@H](O)C[C@@H]2O)O1. The highest BCUT2D eigenvalue weighted by Crippen LogP contribution is 2.28. The first-order chi connectivity index (χ1) is 28.8. The van der Waals surface area contributed by atoms with E-state index in [0.29, 0.717) is 12.8 Å². The average molecular weight is 857 g/mol. The van der Waals surface area contributed by atoms with E-state index in [9.17, 15) is 30.0 Å². The number of hydrogen-bond donors (Lipinski definition) is 4. The van der Waals surface area contributed by atoms with Crippen molar-refractivity contribution in [1.29, 1.82) is 0 Å². The van der Waals surface area contributed by atoms with Crippen LogP contribution in [0.5, 0.6) is 0 Å². The Labute approximate surface area is 365 Å². The monoisotopic (exact) mass is 857 g/mol. The van der Waals surface area contributed by atoms with Crippen molar-refractivity contribution in [2.24, 2.45) is 23.7 Å². The van der Waals surface area contributed by atoms with Gasteiger partial charge in [0.15, 0.2) is 6.29 Å². The summed E-state index contributed by atoms with van der Waals surface area (Å²) in [6.07, 6.45) is 21.4. The van der Waals surface area contributed by atoms with Crippen LogP contribution in [0.3, 0.4) is 0 Å². The molecule has 0 saturated carbocycles. The van der Waals surface area contributed by atoms with E-state index in [2.05, 4.69) is 27.7 Å². The third-order valence-corrected chi connectivity index (χ3v) is 12.6. The Morgan fingerprint density at radius 3 is 1.50 bits per heavy atom. The highest BCUT2D eigenvalue weighted by Gasteiger charge is 2.36. The van der Waals surface area contributed by atoms with E-state index in [1.54, 1.807) is 13.8 Å². The lowest BCUT2D eigenvalue weighted by atomic mass is 9.97. The molecule has 354 valence electrons. The maximum atomic E-state index is 13.3. The van der Waals surface area contributed by atoms with Gasteiger partial charge in [-0.15, -0.1) is 0 Å². The molecule has 0 bridgehead atoms. The minimum absolute atomic E-state index is 0.0665. The Morgan fingerprint density at radius 2 is 1.00 bits per heavy atom. The molecular formula is C49H92O11. The molecule has 10 atom stereocenters. The van der Waals surface area contributed by atoms with Crippen LogP contribution in [0.2, 0.25) is 0 Å². The van der Waals surface area contributed by atoms with Crippen molar-refractivity contribution in [3.05, 3.63) is 0 Å². The molecule has 2 aliphatic rings. The highest BCUT2D eigenvalue weighted by molar-refractivity contribution is 5.73. The number of esters is 2. The predicted molar refractivity (Wildman–Crippen MR) is 237 cm³/mol. The number of aliphatic hydroxyl groups is 4. The van der Waals surface area contributed by atoms with Gasteiger partial charge in [-0.25, -0.2) is 0 Å². The van der Waals surface area contributed by atoms with Crippen LogP contribution in [-0.4, -0.2) is 101 Å². The third-order valence-electron chi connectivity index (χ3n) is 12.6. The summed E-state index contributed by atoms with van der Waals surface area (Å²) in [5.74, 6) is -0.715. The van der Waals surface area contributed by atoms with Crippen LogP contribution in [-0.2, 0) is 33.3 Å². The third kappa shape index (κ3) is 25.7. The Balaban J connectivity index is 1.78. The second-order valence-electron chi connectivity index (χ2n) is 19.4. The molecule has 4 N–H and O–H groups in total. The molecule has 0 aromatic rings. The average Bonchev–Trinajstić information content (AvgIpc) is 3.20. The number of unbranched alkanes of at least 4 members (excludes halogenated alkanes) is 17. The zero-order chi connectivity index (χ0) is 44.1. The molecule has 4 unspecified atom stereocenters. The van der Waals surface area contributed by atoms with E-state index in [4.69, 9.17) is 23.7 Å². The molecule has 0 aromatic carbocycles. The zero-order valence-corrected chi connectivity index (χ0v) is 39.1. The van der Waals surface area contributed by atoms with Crippen molar-refractivity contribution in [3.8, 4) is 0 Å². The molecule has 2 fully saturated rings. The summed E-state index contributed by atoms with van der Waals surface area (Å²) >= 11 is 0. The molecule has 2 rings (SSSR count). The van der Waals surface area contributed by atoms with Crippen LogP contribution < -0.4 is 0 Å². The normalized spacial score (nSPS) is 24.3. The summed E-state index contributed by atoms with van der Waals surface area (Å²) in [5, 5.41) is 41.6. The molecule has 0 radical (unpaired) electrons. The number of carbonyl (C=O) groups is 2. The molecule has 0 amide bonds. The molecule has 2 heterocycles. The van der Waals surface area contributed by atoms with Crippen molar-refractivity contribution in [2.75, 3.05) is 19.8 Å². The summed E-state index contributed by atoms with van der Waals surface area (Å²) in [7, 11) is 0. The topological polar surface area (TPSA) is 161 Å². The summed E-state index contributed by atoms with van der Waals surface area (Å²) in [5.41, 5.74) is 0. The molecule has 2 saturated heterocycles. The van der Waals surface area contributed by atoms with Gasteiger partial charge in [-0.1, -0.05) is 163 Å². The Hall–Kier alpha value is -1.34. The van der Waals surface area contributed by atoms with Gasteiger partial charge in [0.2, 0.25) is 0 Å². The summed E-state index contributed by atoms with van der Waals surface area (Å²) < 4.78 is 29.3. The van der Waals surface area contributed by atoms with E-state index >= 15 is 0 Å². The second-order valence-corrected chi connectivity index (χ2v) is 19.4. The van der Waals surface area contributed by atoms with Gasteiger partial charge in [-0.3, -0.25) is 9.59 Å². The molecule has 0 aliphatic carbocycles. The lowest BCUT2D eigenvalue weighted by Crippen LogP contribution is -2.45. The van der Waals surface area contributed by atoms with Gasteiger partial charge < -0.3 is 44.1 Å². The zero-order valence-electron chi connectivity index (χ0n) is 39.1. The van der Waals surface area contributed by atoms with Crippen LogP contribution >= 0.6 is 0 Å². The van der Waals surface area contributed by atoms with Crippen molar-refractivity contribution in [3.63, 3.8) is 0 Å². The predicted octanol–water partition coefficient (Wildman–Crippen LogP) is 9.75. The van der Waals surface area contributed by atoms with Crippen LogP contribution in [0.25, 0.3) is 0 Å². The van der Waals surface area contributed by atoms with E-state index in [1.807, 2.05) is 0 Å². The summed E-state index contributed by atoms with van der Waals surface area (Å²) in [6, 6.07) is 0. The summed E-state index contributed by atoms with van der Waals surface area (Å²) in [4.78, 5) is 26.3. The number of aliphatic hydroxyl groups excluding tert-OH is 4. The number of hydrogen-bond acceptors (Lipinski definition) is 11. The van der Waals surface area contributed by atoms with Crippen molar-refractivity contribution in [1.82, 2.24) is 0 Å². The number of rotatable bonds is 35. The number of ether oxygens (including phenoxy) is 5. The fourth-order valence-electron chi connectivity index (χ4n) is 8.39. The second kappa shape index (κ2) is 33.2. The number of carbonyl (C=O) groups excluding carboxylic acids is 2. The first-order valence-electron chi connectivity index (χ1n) is 24.7. The fourth-order valence-corrected chi connectivity index (χ4v) is 8.39. The van der Waals surface area contributed by atoms with Crippen molar-refractivity contribution in [2.45, 2.75) is 258 Å². The van der Waals surface area contributed by atoms with E-state index in [-0.39, 0.29) is 39.1 Å². The summed E-state index contributed by atoms with van der Waals surface area (Å²) in [6.45, 7) is 12.5. The van der Waals surface area contributed by atoms with Crippen LogP contribution in [0.4, 0.5) is 0 Å². The molecule has 11 nitrogen and oxygen atoms in total. The van der Waals surface area contributed by atoms with E-state index in [1.165, 1.54) is 96.3 Å². The Bertz CT molecular complexity index is 1070. The van der Waals surface area contributed by atoms with Gasteiger partial charge in [-0.2, -0.15) is 0 Å². The molecule has 60 heavy (non-hydrogen) atoms. The van der Waals surface area contributed by atoms with Crippen LogP contribution in [0, 0.1) is 23.7 Å². The standard InChI is InChI=1S/C49H92O11/c1-36(2)26-22-18-14-10-7-8-12-16-20-24-28-43(52)38(5)48(54)57-34-42-30-40(50)32-47(59-42)60-45(29-25-21-17-13-9-11-15-19-23-27-37(3)4)39(6)49(55)58-35-46-44(53)31-41(51)33-56-46/h36-47,50-53H,7-35H2,1-6H3/t38?,39?,40-,41+,42-,43?,44-,45?,46+,47-/m0/s1. The Kier molecular flexibility index (Phi) is 30.3. The van der Waals surface area contributed by atoms with Gasteiger partial charge in [0, 0.05) is 19.3 Å². The van der Waals surface area contributed by atoms with Gasteiger partial charge >= 0.3 is 11.9 Å². The molecular weight excluding hydrogens is 765 g/mol.